The average Bonchev–Trinajstić information content (AvgIpc) is 2.75. The molecule has 1 heterocycles. The number of pyridine rings is 1. The molecule has 3 rings (SSSR count). The smallest absolute Gasteiger partial charge is 0.328 e. The largest absolute Gasteiger partial charge is 0.469 e. The Bertz CT molecular complexity index is 1030. The van der Waals surface area contributed by atoms with Crippen LogP contribution in [0.3, 0.4) is 0 Å². The van der Waals surface area contributed by atoms with Gasteiger partial charge in [0.1, 0.15) is 6.04 Å². The highest BCUT2D eigenvalue weighted by Crippen LogP contribution is 2.26. The number of para-hydroxylation sites is 2. The van der Waals surface area contributed by atoms with Crippen molar-refractivity contribution < 1.29 is 23.9 Å². The van der Waals surface area contributed by atoms with E-state index in [2.05, 4.69) is 10.3 Å². The molecule has 29 heavy (non-hydrogen) atoms. The second kappa shape index (κ2) is 8.68. The van der Waals surface area contributed by atoms with Crippen LogP contribution in [0.15, 0.2) is 48.5 Å². The Balaban J connectivity index is 2.02. The molecule has 2 aromatic carbocycles. The lowest BCUT2D eigenvalue weighted by atomic mass is 9.99. The molecule has 2 atom stereocenters. The van der Waals surface area contributed by atoms with Crippen molar-refractivity contribution in [2.45, 2.75) is 19.4 Å². The Hall–Kier alpha value is -3.48. The van der Waals surface area contributed by atoms with E-state index in [-0.39, 0.29) is 6.42 Å². The summed E-state index contributed by atoms with van der Waals surface area (Å²) < 4.78 is 9.54. The first kappa shape index (κ1) is 20.3. The van der Waals surface area contributed by atoms with Crippen LogP contribution in [0.25, 0.3) is 21.8 Å². The number of hydrogen-bond acceptors (Lipinski definition) is 6. The van der Waals surface area contributed by atoms with E-state index < -0.39 is 29.8 Å². The first-order valence-electron chi connectivity index (χ1n) is 9.20. The summed E-state index contributed by atoms with van der Waals surface area (Å²) in [6.07, 6.45) is 0.0615. The van der Waals surface area contributed by atoms with Gasteiger partial charge in [-0.2, -0.15) is 0 Å². The second-order valence-corrected chi connectivity index (χ2v) is 6.73. The Kier molecular flexibility index (Phi) is 6.07. The molecule has 1 amide bonds. The lowest BCUT2D eigenvalue weighted by molar-refractivity contribution is -0.147. The number of carbonyl (C=O) groups excluding carboxylic acids is 3. The van der Waals surface area contributed by atoms with Crippen molar-refractivity contribution in [2.75, 3.05) is 14.2 Å². The lowest BCUT2D eigenvalue weighted by Crippen LogP contribution is -2.43. The molecule has 0 unspecified atom stereocenters. The number of aromatic nitrogens is 1. The van der Waals surface area contributed by atoms with Gasteiger partial charge in [-0.05, 0) is 18.6 Å². The first-order chi connectivity index (χ1) is 14.0. The van der Waals surface area contributed by atoms with Crippen molar-refractivity contribution >= 4 is 39.7 Å². The number of nitrogens with one attached hydrogen (secondary N) is 1. The Labute approximate surface area is 168 Å². The molecule has 0 spiro atoms. The quantitative estimate of drug-likeness (QED) is 0.510. The van der Waals surface area contributed by atoms with Crippen LogP contribution in [0, 0.1) is 5.92 Å². The molecule has 1 N–H and O–H groups in total. The number of carbonyl (C=O) groups is 3. The Morgan fingerprint density at radius 2 is 1.41 bits per heavy atom. The predicted octanol–water partition coefficient (Wildman–Crippen LogP) is 2.86. The van der Waals surface area contributed by atoms with E-state index in [1.54, 1.807) is 6.92 Å². The van der Waals surface area contributed by atoms with Crippen molar-refractivity contribution in [1.29, 1.82) is 0 Å². The first-order valence-corrected chi connectivity index (χ1v) is 9.20. The van der Waals surface area contributed by atoms with Crippen molar-refractivity contribution in [3.8, 4) is 0 Å². The zero-order valence-electron chi connectivity index (χ0n) is 16.5. The van der Waals surface area contributed by atoms with Gasteiger partial charge in [-0.1, -0.05) is 43.3 Å². The maximum absolute atomic E-state index is 13.3. The molecule has 0 fully saturated rings. The number of esters is 2. The van der Waals surface area contributed by atoms with Gasteiger partial charge in [-0.25, -0.2) is 9.78 Å². The summed E-state index contributed by atoms with van der Waals surface area (Å²) in [5, 5.41) is 4.08. The normalized spacial score (nSPS) is 12.9. The molecule has 0 bridgehead atoms. The monoisotopic (exact) mass is 394 g/mol. The van der Waals surface area contributed by atoms with Gasteiger partial charge in [0.15, 0.2) is 0 Å². The van der Waals surface area contributed by atoms with E-state index >= 15 is 0 Å². The van der Waals surface area contributed by atoms with Crippen LogP contribution >= 0.6 is 0 Å². The Morgan fingerprint density at radius 1 is 0.897 bits per heavy atom. The fraction of sp³-hybridized carbons (Fsp3) is 0.273. The minimum Gasteiger partial charge on any atom is -0.469 e. The van der Waals surface area contributed by atoms with Gasteiger partial charge in [0, 0.05) is 10.8 Å². The number of ether oxygens (including phenoxy) is 2. The van der Waals surface area contributed by atoms with Crippen molar-refractivity contribution in [1.82, 2.24) is 10.3 Å². The van der Waals surface area contributed by atoms with Crippen LogP contribution in [-0.4, -0.2) is 43.1 Å². The number of nitrogens with zero attached hydrogens (tertiary/aromatic N) is 1. The van der Waals surface area contributed by atoms with Crippen molar-refractivity contribution in [3.05, 3.63) is 54.1 Å². The highest BCUT2D eigenvalue weighted by molar-refractivity contribution is 6.16. The third-order valence-corrected chi connectivity index (χ3v) is 4.80. The summed E-state index contributed by atoms with van der Waals surface area (Å²) in [6, 6.07) is 13.6. The van der Waals surface area contributed by atoms with Crippen LogP contribution in [0.5, 0.6) is 0 Å². The SMILES string of the molecule is COC(=O)[C@H](C)C[C@@H](NC(=O)c1c2ccccc2nc2ccccc12)C(=O)OC. The van der Waals surface area contributed by atoms with Gasteiger partial charge >= 0.3 is 11.9 Å². The predicted molar refractivity (Wildman–Crippen MR) is 108 cm³/mol. The molecule has 1 aromatic heterocycles. The topological polar surface area (TPSA) is 94.6 Å². The molecule has 0 saturated carbocycles. The van der Waals surface area contributed by atoms with Gasteiger partial charge < -0.3 is 14.8 Å². The average molecular weight is 394 g/mol. The Morgan fingerprint density at radius 3 is 1.93 bits per heavy atom. The molecule has 3 aromatic rings. The summed E-state index contributed by atoms with van der Waals surface area (Å²) in [7, 11) is 2.52. The maximum Gasteiger partial charge on any atom is 0.328 e. The van der Waals surface area contributed by atoms with Gasteiger partial charge in [0.2, 0.25) is 0 Å². The van der Waals surface area contributed by atoms with Crippen LogP contribution in [-0.2, 0) is 19.1 Å². The summed E-state index contributed by atoms with van der Waals surface area (Å²) >= 11 is 0. The fourth-order valence-corrected chi connectivity index (χ4v) is 3.32. The molecule has 0 aliphatic heterocycles. The molecule has 0 aliphatic rings. The van der Waals surface area contributed by atoms with Crippen molar-refractivity contribution in [2.24, 2.45) is 5.92 Å². The second-order valence-electron chi connectivity index (χ2n) is 6.73. The molecule has 0 radical (unpaired) electrons. The molecule has 0 saturated heterocycles. The number of amides is 1. The number of benzene rings is 2. The molecule has 150 valence electrons. The van der Waals surface area contributed by atoms with E-state index in [1.807, 2.05) is 48.5 Å². The summed E-state index contributed by atoms with van der Waals surface area (Å²) in [4.78, 5) is 41.9. The highest BCUT2D eigenvalue weighted by Gasteiger charge is 2.28. The van der Waals surface area contributed by atoms with E-state index in [1.165, 1.54) is 14.2 Å². The summed E-state index contributed by atoms with van der Waals surface area (Å²) in [5.74, 6) is -2.12. The van der Waals surface area contributed by atoms with Crippen LogP contribution in [0.2, 0.25) is 0 Å². The molecule has 7 nitrogen and oxygen atoms in total. The number of hydrogen-bond donors (Lipinski definition) is 1. The molecule has 0 aliphatic carbocycles. The maximum atomic E-state index is 13.3. The minimum absolute atomic E-state index is 0.0615. The number of methoxy groups -OCH3 is 2. The minimum atomic E-state index is -0.993. The summed E-state index contributed by atoms with van der Waals surface area (Å²) in [6.45, 7) is 1.63. The molecular weight excluding hydrogens is 372 g/mol. The van der Waals surface area contributed by atoms with Gasteiger partial charge in [-0.3, -0.25) is 9.59 Å². The van der Waals surface area contributed by atoms with Crippen LogP contribution < -0.4 is 5.32 Å². The highest BCUT2D eigenvalue weighted by atomic mass is 16.5. The van der Waals surface area contributed by atoms with Gasteiger partial charge in [0.05, 0.1) is 36.7 Å². The number of fused-ring (bicyclic) bond motifs is 2. The van der Waals surface area contributed by atoms with E-state index in [0.717, 1.165) is 0 Å². The van der Waals surface area contributed by atoms with E-state index in [0.29, 0.717) is 27.4 Å². The molecule has 7 heteroatoms. The van der Waals surface area contributed by atoms with Crippen molar-refractivity contribution in [3.63, 3.8) is 0 Å². The zero-order valence-corrected chi connectivity index (χ0v) is 16.5. The van der Waals surface area contributed by atoms with Crippen LogP contribution in [0.4, 0.5) is 0 Å². The van der Waals surface area contributed by atoms with Gasteiger partial charge in [-0.15, -0.1) is 0 Å². The third-order valence-electron chi connectivity index (χ3n) is 4.80. The standard InChI is InChI=1S/C22H22N2O5/c1-13(21(26)28-2)12-18(22(27)29-3)24-20(25)19-14-8-4-6-10-16(14)23-17-11-7-5-9-15(17)19/h4-11,13,18H,12H2,1-3H3,(H,24,25)/t13-,18-/m1/s1. The van der Waals surface area contributed by atoms with Crippen LogP contribution in [0.1, 0.15) is 23.7 Å². The van der Waals surface area contributed by atoms with Gasteiger partial charge in [0.25, 0.3) is 5.91 Å². The third kappa shape index (κ3) is 4.18. The molecular formula is C22H22N2O5. The van der Waals surface area contributed by atoms with E-state index in [9.17, 15) is 14.4 Å². The zero-order chi connectivity index (χ0) is 21.0. The number of rotatable bonds is 6. The lowest BCUT2D eigenvalue weighted by Gasteiger charge is -2.20. The van der Waals surface area contributed by atoms with E-state index in [4.69, 9.17) is 9.47 Å². The fourth-order valence-electron chi connectivity index (χ4n) is 3.32. The summed E-state index contributed by atoms with van der Waals surface area (Å²) in [5.41, 5.74) is 1.77.